The molecule has 5 nitrogen and oxygen atoms in total. The Kier molecular flexibility index (Phi) is 4.50. The predicted molar refractivity (Wildman–Crippen MR) is 74.1 cm³/mol. The van der Waals surface area contributed by atoms with Crippen LogP contribution < -0.4 is 11.0 Å². The first-order valence-electron chi connectivity index (χ1n) is 6.61. The van der Waals surface area contributed by atoms with E-state index in [0.29, 0.717) is 18.0 Å². The van der Waals surface area contributed by atoms with Gasteiger partial charge in [-0.25, -0.2) is 9.89 Å². The van der Waals surface area contributed by atoms with Gasteiger partial charge in [0.1, 0.15) is 0 Å². The fraction of sp³-hybridized carbons (Fsp3) is 0.833. The summed E-state index contributed by atoms with van der Waals surface area (Å²) < 4.78 is 1.81. The van der Waals surface area contributed by atoms with Gasteiger partial charge >= 0.3 is 5.69 Å². The Morgan fingerprint density at radius 2 is 2.22 bits per heavy atom. The second-order valence-corrected chi connectivity index (χ2v) is 6.38. The van der Waals surface area contributed by atoms with E-state index in [-0.39, 0.29) is 5.69 Å². The Morgan fingerprint density at radius 3 is 2.83 bits per heavy atom. The lowest BCUT2D eigenvalue weighted by molar-refractivity contribution is 0.509. The molecular weight excluding hydrogens is 248 g/mol. The van der Waals surface area contributed by atoms with Crippen LogP contribution in [0.5, 0.6) is 0 Å². The van der Waals surface area contributed by atoms with Gasteiger partial charge in [-0.3, -0.25) is 4.57 Å². The van der Waals surface area contributed by atoms with Gasteiger partial charge in [0.25, 0.3) is 0 Å². The van der Waals surface area contributed by atoms with Crippen molar-refractivity contribution in [3.63, 3.8) is 0 Å². The van der Waals surface area contributed by atoms with Crippen molar-refractivity contribution >= 4 is 11.8 Å². The van der Waals surface area contributed by atoms with Crippen molar-refractivity contribution in [2.75, 3.05) is 12.3 Å². The molecule has 1 saturated carbocycles. The Labute approximate surface area is 112 Å². The Hall–Kier alpha value is -0.750. The highest BCUT2D eigenvalue weighted by molar-refractivity contribution is 7.99. The zero-order valence-electron chi connectivity index (χ0n) is 11.3. The Morgan fingerprint density at radius 1 is 1.50 bits per heavy atom. The molecule has 102 valence electrons. The van der Waals surface area contributed by atoms with Gasteiger partial charge in [0, 0.05) is 17.8 Å². The molecule has 0 saturated heterocycles. The maximum absolute atomic E-state index is 11.6. The van der Waals surface area contributed by atoms with E-state index in [2.05, 4.69) is 36.3 Å². The summed E-state index contributed by atoms with van der Waals surface area (Å²) in [6, 6.07) is 0.912. The van der Waals surface area contributed by atoms with E-state index in [1.807, 2.05) is 4.57 Å². The van der Waals surface area contributed by atoms with Crippen molar-refractivity contribution in [3.8, 4) is 0 Å². The van der Waals surface area contributed by atoms with Gasteiger partial charge in [-0.1, -0.05) is 32.5 Å². The summed E-state index contributed by atoms with van der Waals surface area (Å²) in [5, 5.41) is 10.9. The third-order valence-electron chi connectivity index (χ3n) is 2.96. The summed E-state index contributed by atoms with van der Waals surface area (Å²) in [5.41, 5.74) is -0.0621. The summed E-state index contributed by atoms with van der Waals surface area (Å²) in [4.78, 5) is 11.6. The molecule has 1 aromatic rings. The van der Waals surface area contributed by atoms with Crippen LogP contribution in [0, 0.1) is 5.92 Å². The molecule has 0 aromatic carbocycles. The minimum atomic E-state index is -0.0621. The van der Waals surface area contributed by atoms with Crippen molar-refractivity contribution in [1.29, 1.82) is 0 Å². The fourth-order valence-corrected chi connectivity index (χ4v) is 2.79. The number of thioether (sulfide) groups is 1. The second kappa shape index (κ2) is 5.93. The van der Waals surface area contributed by atoms with Gasteiger partial charge in [-0.15, -0.1) is 5.10 Å². The third-order valence-corrected chi connectivity index (χ3v) is 4.24. The lowest BCUT2D eigenvalue weighted by atomic mass is 10.2. The summed E-state index contributed by atoms with van der Waals surface area (Å²) in [6.07, 6.45) is 2.22. The average molecular weight is 270 g/mol. The van der Waals surface area contributed by atoms with Gasteiger partial charge in [-0.05, 0) is 25.3 Å². The topological polar surface area (TPSA) is 62.7 Å². The lowest BCUT2D eigenvalue weighted by Gasteiger charge is -2.14. The van der Waals surface area contributed by atoms with Crippen molar-refractivity contribution in [2.24, 2.45) is 5.92 Å². The summed E-state index contributed by atoms with van der Waals surface area (Å²) in [7, 11) is 0. The minimum Gasteiger partial charge on any atom is -0.314 e. The largest absolute Gasteiger partial charge is 0.344 e. The zero-order chi connectivity index (χ0) is 13.1. The predicted octanol–water partition coefficient (Wildman–Crippen LogP) is 1.63. The average Bonchev–Trinajstić information content (AvgIpc) is 3.08. The summed E-state index contributed by atoms with van der Waals surface area (Å²) >= 11 is 1.68. The van der Waals surface area contributed by atoms with Crippen LogP contribution in [0.4, 0.5) is 0 Å². The molecule has 1 heterocycles. The summed E-state index contributed by atoms with van der Waals surface area (Å²) in [6.45, 7) is 7.52. The molecule has 1 unspecified atom stereocenters. The van der Waals surface area contributed by atoms with Crippen molar-refractivity contribution in [3.05, 3.63) is 10.5 Å². The molecule has 18 heavy (non-hydrogen) atoms. The summed E-state index contributed by atoms with van der Waals surface area (Å²) in [5.74, 6) is 1.55. The SMILES string of the molecule is CC(CNC(C)C)CSc1n[nH]c(=O)n1C1CC1. The molecule has 0 aliphatic heterocycles. The molecular formula is C12H22N4OS. The zero-order valence-corrected chi connectivity index (χ0v) is 12.1. The number of aromatic amines is 1. The van der Waals surface area contributed by atoms with Gasteiger partial charge in [0.15, 0.2) is 5.16 Å². The van der Waals surface area contributed by atoms with Crippen LogP contribution in [0.15, 0.2) is 9.95 Å². The van der Waals surface area contributed by atoms with E-state index in [1.165, 1.54) is 0 Å². The van der Waals surface area contributed by atoms with Crippen molar-refractivity contribution < 1.29 is 0 Å². The highest BCUT2D eigenvalue weighted by atomic mass is 32.2. The van der Waals surface area contributed by atoms with Crippen LogP contribution in [-0.4, -0.2) is 33.1 Å². The second-order valence-electron chi connectivity index (χ2n) is 5.39. The molecule has 1 aromatic heterocycles. The van der Waals surface area contributed by atoms with Crippen LogP contribution in [0.3, 0.4) is 0 Å². The van der Waals surface area contributed by atoms with Crippen LogP contribution in [0.1, 0.15) is 39.7 Å². The fourth-order valence-electron chi connectivity index (χ4n) is 1.76. The third kappa shape index (κ3) is 3.62. The van der Waals surface area contributed by atoms with Crippen LogP contribution in [-0.2, 0) is 0 Å². The first-order chi connectivity index (χ1) is 8.58. The van der Waals surface area contributed by atoms with Gasteiger partial charge < -0.3 is 5.32 Å². The molecule has 0 bridgehead atoms. The van der Waals surface area contributed by atoms with Gasteiger partial charge in [-0.2, -0.15) is 0 Å². The van der Waals surface area contributed by atoms with Crippen molar-refractivity contribution in [1.82, 2.24) is 20.1 Å². The number of hydrogen-bond donors (Lipinski definition) is 2. The van der Waals surface area contributed by atoms with Crippen molar-refractivity contribution in [2.45, 2.75) is 50.9 Å². The number of hydrogen-bond acceptors (Lipinski definition) is 4. The molecule has 0 amide bonds. The Bertz CT molecular complexity index is 436. The number of H-pyrrole nitrogens is 1. The highest BCUT2D eigenvalue weighted by Gasteiger charge is 2.28. The molecule has 1 aliphatic rings. The van der Waals surface area contributed by atoms with Gasteiger partial charge in [0.2, 0.25) is 0 Å². The number of aromatic nitrogens is 3. The van der Waals surface area contributed by atoms with E-state index < -0.39 is 0 Å². The first kappa shape index (κ1) is 13.7. The van der Waals surface area contributed by atoms with E-state index >= 15 is 0 Å². The molecule has 0 radical (unpaired) electrons. The van der Waals surface area contributed by atoms with E-state index in [4.69, 9.17) is 0 Å². The molecule has 2 N–H and O–H groups in total. The van der Waals surface area contributed by atoms with E-state index in [0.717, 1.165) is 30.3 Å². The monoisotopic (exact) mass is 270 g/mol. The van der Waals surface area contributed by atoms with Crippen LogP contribution in [0.25, 0.3) is 0 Å². The van der Waals surface area contributed by atoms with E-state index in [9.17, 15) is 4.79 Å². The van der Waals surface area contributed by atoms with Gasteiger partial charge in [0.05, 0.1) is 0 Å². The number of nitrogens with zero attached hydrogens (tertiary/aromatic N) is 2. The van der Waals surface area contributed by atoms with Crippen LogP contribution in [0.2, 0.25) is 0 Å². The molecule has 1 aliphatic carbocycles. The number of nitrogens with one attached hydrogen (secondary N) is 2. The molecule has 1 atom stereocenters. The lowest BCUT2D eigenvalue weighted by Crippen LogP contribution is -2.28. The quantitative estimate of drug-likeness (QED) is 0.739. The van der Waals surface area contributed by atoms with E-state index in [1.54, 1.807) is 11.8 Å². The standard InChI is InChI=1S/C12H22N4OS/c1-8(2)13-6-9(3)7-18-12-15-14-11(17)16(12)10-4-5-10/h8-10,13H,4-7H2,1-3H3,(H,14,17). The normalized spacial score (nSPS) is 17.3. The molecule has 0 spiro atoms. The maximum atomic E-state index is 11.6. The molecule has 2 rings (SSSR count). The number of rotatable bonds is 7. The molecule has 1 fully saturated rings. The first-order valence-corrected chi connectivity index (χ1v) is 7.59. The van der Waals surface area contributed by atoms with Crippen LogP contribution >= 0.6 is 11.8 Å². The minimum absolute atomic E-state index is 0.0621. The molecule has 6 heteroatoms. The maximum Gasteiger partial charge on any atom is 0.344 e. The Balaban J connectivity index is 1.84. The highest BCUT2D eigenvalue weighted by Crippen LogP contribution is 2.36. The smallest absolute Gasteiger partial charge is 0.314 e.